The Kier molecular flexibility index (Phi) is 4.29. The molecule has 1 heterocycles. The van der Waals surface area contributed by atoms with Crippen LogP contribution in [-0.4, -0.2) is 48.3 Å². The molecule has 1 saturated heterocycles. The van der Waals surface area contributed by atoms with Gasteiger partial charge in [0.2, 0.25) is 0 Å². The first-order valence-electron chi connectivity index (χ1n) is 5.22. The lowest BCUT2D eigenvalue weighted by molar-refractivity contribution is -0.131. The van der Waals surface area contributed by atoms with Crippen LogP contribution in [0.5, 0.6) is 0 Å². The third-order valence-corrected chi connectivity index (χ3v) is 2.77. The van der Waals surface area contributed by atoms with Crippen molar-refractivity contribution >= 4 is 5.97 Å². The second-order valence-corrected chi connectivity index (χ2v) is 4.18. The maximum absolute atomic E-state index is 10.5. The van der Waals surface area contributed by atoms with Crippen LogP contribution in [0.25, 0.3) is 0 Å². The predicted octanol–water partition coefficient (Wildman–Crippen LogP) is 1.13. The fraction of sp³-hybridized carbons (Fsp3) is 0.727. The first-order valence-corrected chi connectivity index (χ1v) is 5.22. The Hall–Kier alpha value is -0.870. The van der Waals surface area contributed by atoms with Crippen LogP contribution < -0.4 is 0 Å². The number of likely N-dealkylation sites (N-methyl/N-ethyl adjacent to an activating group) is 1. The van der Waals surface area contributed by atoms with E-state index in [2.05, 4.69) is 11.8 Å². The Morgan fingerprint density at radius 1 is 1.67 bits per heavy atom. The zero-order valence-corrected chi connectivity index (χ0v) is 9.56. The van der Waals surface area contributed by atoms with Crippen molar-refractivity contribution in [2.75, 3.05) is 20.2 Å². The first kappa shape index (κ1) is 12.2. The molecule has 1 N–H and O–H groups in total. The van der Waals surface area contributed by atoms with Crippen LogP contribution in [-0.2, 0) is 9.53 Å². The summed E-state index contributed by atoms with van der Waals surface area (Å²) in [6.07, 6.45) is 2.53. The molecule has 0 aromatic carbocycles. The van der Waals surface area contributed by atoms with E-state index in [-0.39, 0.29) is 6.10 Å². The molecule has 2 atom stereocenters. The van der Waals surface area contributed by atoms with Crippen molar-refractivity contribution in [1.82, 2.24) is 4.90 Å². The molecule has 1 rings (SSSR count). The average molecular weight is 213 g/mol. The molecule has 4 nitrogen and oxygen atoms in total. The number of aliphatic carboxylic acids is 1. The van der Waals surface area contributed by atoms with Crippen LogP contribution in [0.1, 0.15) is 20.3 Å². The molecule has 2 unspecified atom stereocenters. The van der Waals surface area contributed by atoms with Gasteiger partial charge in [0.25, 0.3) is 0 Å². The number of rotatable bonds is 4. The molecule has 15 heavy (non-hydrogen) atoms. The van der Waals surface area contributed by atoms with Gasteiger partial charge in [0.15, 0.2) is 0 Å². The van der Waals surface area contributed by atoms with Crippen LogP contribution in [0, 0.1) is 0 Å². The minimum absolute atomic E-state index is 0.243. The first-order chi connectivity index (χ1) is 7.00. The fourth-order valence-corrected chi connectivity index (χ4v) is 2.07. The van der Waals surface area contributed by atoms with Gasteiger partial charge in [0, 0.05) is 25.3 Å². The summed E-state index contributed by atoms with van der Waals surface area (Å²) in [5, 5.41) is 8.59. The van der Waals surface area contributed by atoms with Gasteiger partial charge in [-0.1, -0.05) is 5.57 Å². The Labute approximate surface area is 90.5 Å². The van der Waals surface area contributed by atoms with Crippen molar-refractivity contribution in [3.63, 3.8) is 0 Å². The molecule has 1 fully saturated rings. The zero-order chi connectivity index (χ0) is 11.4. The standard InChI is InChI=1S/C11H19NO3/c1-8(6-11(13)14)7-12(3)10-4-5-15-9(10)2/h6,9-10H,4-5,7H2,1-3H3,(H,13,14). The Morgan fingerprint density at radius 2 is 2.33 bits per heavy atom. The number of carboxylic acids is 1. The molecule has 0 amide bonds. The van der Waals surface area contributed by atoms with Gasteiger partial charge in [0.05, 0.1) is 6.10 Å². The van der Waals surface area contributed by atoms with Crippen LogP contribution in [0.3, 0.4) is 0 Å². The Bertz CT molecular complexity index is 263. The molecule has 0 bridgehead atoms. The number of ether oxygens (including phenoxy) is 1. The van der Waals surface area contributed by atoms with E-state index in [1.807, 2.05) is 14.0 Å². The van der Waals surface area contributed by atoms with Crippen molar-refractivity contribution in [1.29, 1.82) is 0 Å². The lowest BCUT2D eigenvalue weighted by Crippen LogP contribution is -2.37. The van der Waals surface area contributed by atoms with Crippen LogP contribution in [0.2, 0.25) is 0 Å². The highest BCUT2D eigenvalue weighted by Gasteiger charge is 2.27. The molecule has 0 aromatic heterocycles. The number of hydrogen-bond acceptors (Lipinski definition) is 3. The van der Waals surface area contributed by atoms with Gasteiger partial charge in [-0.25, -0.2) is 4.79 Å². The van der Waals surface area contributed by atoms with E-state index in [9.17, 15) is 4.79 Å². The maximum atomic E-state index is 10.5. The third-order valence-electron chi connectivity index (χ3n) is 2.77. The van der Waals surface area contributed by atoms with Gasteiger partial charge >= 0.3 is 5.97 Å². The van der Waals surface area contributed by atoms with Gasteiger partial charge in [-0.05, 0) is 27.3 Å². The largest absolute Gasteiger partial charge is 0.478 e. The van der Waals surface area contributed by atoms with Crippen molar-refractivity contribution in [3.05, 3.63) is 11.6 Å². The minimum Gasteiger partial charge on any atom is -0.478 e. The van der Waals surface area contributed by atoms with Crippen molar-refractivity contribution in [2.45, 2.75) is 32.4 Å². The summed E-state index contributed by atoms with van der Waals surface area (Å²) in [7, 11) is 2.01. The molecule has 86 valence electrons. The normalized spacial score (nSPS) is 27.3. The number of hydrogen-bond donors (Lipinski definition) is 1. The predicted molar refractivity (Wildman–Crippen MR) is 57.8 cm³/mol. The van der Waals surface area contributed by atoms with Gasteiger partial charge in [-0.3, -0.25) is 4.90 Å². The monoisotopic (exact) mass is 213 g/mol. The van der Waals surface area contributed by atoms with E-state index >= 15 is 0 Å². The van der Waals surface area contributed by atoms with Gasteiger partial charge in [-0.2, -0.15) is 0 Å². The highest BCUT2D eigenvalue weighted by atomic mass is 16.5. The highest BCUT2D eigenvalue weighted by molar-refractivity contribution is 5.80. The van der Waals surface area contributed by atoms with Crippen LogP contribution in [0.4, 0.5) is 0 Å². The summed E-state index contributed by atoms with van der Waals surface area (Å²) < 4.78 is 5.47. The zero-order valence-electron chi connectivity index (χ0n) is 9.56. The summed E-state index contributed by atoms with van der Waals surface area (Å²) in [6.45, 7) is 5.39. The van der Waals surface area contributed by atoms with Gasteiger partial charge < -0.3 is 9.84 Å². The Morgan fingerprint density at radius 3 is 2.80 bits per heavy atom. The molecule has 0 aliphatic carbocycles. The van der Waals surface area contributed by atoms with Crippen LogP contribution in [0.15, 0.2) is 11.6 Å². The molecule has 1 aliphatic heterocycles. The average Bonchev–Trinajstić information content (AvgIpc) is 2.49. The number of carboxylic acid groups (broad SMARTS) is 1. The summed E-state index contributed by atoms with van der Waals surface area (Å²) in [5.41, 5.74) is 0.865. The molecule has 0 spiro atoms. The van der Waals surface area contributed by atoms with Crippen molar-refractivity contribution in [3.8, 4) is 0 Å². The van der Waals surface area contributed by atoms with E-state index in [0.717, 1.165) is 18.6 Å². The molecular formula is C11H19NO3. The lowest BCUT2D eigenvalue weighted by atomic mass is 10.1. The molecule has 4 heteroatoms. The number of nitrogens with zero attached hydrogens (tertiary/aromatic N) is 1. The van der Waals surface area contributed by atoms with Crippen LogP contribution >= 0.6 is 0 Å². The van der Waals surface area contributed by atoms with E-state index in [4.69, 9.17) is 9.84 Å². The molecule has 1 aliphatic rings. The highest BCUT2D eigenvalue weighted by Crippen LogP contribution is 2.18. The minimum atomic E-state index is -0.878. The summed E-state index contributed by atoms with van der Waals surface area (Å²) in [6, 6.07) is 0.405. The maximum Gasteiger partial charge on any atom is 0.328 e. The summed E-state index contributed by atoms with van der Waals surface area (Å²) in [4.78, 5) is 12.6. The molecular weight excluding hydrogens is 194 g/mol. The quantitative estimate of drug-likeness (QED) is 0.711. The Balaban J connectivity index is 2.47. The SMILES string of the molecule is CC(=CC(=O)O)CN(C)C1CCOC1C. The third kappa shape index (κ3) is 3.64. The van der Waals surface area contributed by atoms with Gasteiger partial charge in [0.1, 0.15) is 0 Å². The lowest BCUT2D eigenvalue weighted by Gasteiger charge is -2.26. The smallest absolute Gasteiger partial charge is 0.328 e. The number of carbonyl (C=O) groups is 1. The van der Waals surface area contributed by atoms with E-state index in [1.54, 1.807) is 0 Å². The molecule has 0 saturated carbocycles. The molecule has 0 radical (unpaired) electrons. The van der Waals surface area contributed by atoms with Gasteiger partial charge in [-0.15, -0.1) is 0 Å². The van der Waals surface area contributed by atoms with Crippen molar-refractivity contribution in [2.24, 2.45) is 0 Å². The molecule has 0 aromatic rings. The van der Waals surface area contributed by atoms with E-state index in [0.29, 0.717) is 12.6 Å². The second kappa shape index (κ2) is 5.28. The summed E-state index contributed by atoms with van der Waals surface area (Å²) >= 11 is 0. The second-order valence-electron chi connectivity index (χ2n) is 4.18. The van der Waals surface area contributed by atoms with E-state index in [1.165, 1.54) is 6.08 Å². The van der Waals surface area contributed by atoms with E-state index < -0.39 is 5.97 Å². The van der Waals surface area contributed by atoms with Crippen molar-refractivity contribution < 1.29 is 14.6 Å². The summed E-state index contributed by atoms with van der Waals surface area (Å²) in [5.74, 6) is -0.878. The fourth-order valence-electron chi connectivity index (χ4n) is 2.07. The topological polar surface area (TPSA) is 49.8 Å².